The van der Waals surface area contributed by atoms with Gasteiger partial charge in [-0.05, 0) is 31.4 Å². The molecule has 3 nitrogen and oxygen atoms in total. The van der Waals surface area contributed by atoms with E-state index in [1.54, 1.807) is 0 Å². The van der Waals surface area contributed by atoms with Gasteiger partial charge < -0.3 is 4.74 Å². The van der Waals surface area contributed by atoms with Crippen molar-refractivity contribution in [3.8, 4) is 0 Å². The highest BCUT2D eigenvalue weighted by molar-refractivity contribution is 6.76. The maximum atomic E-state index is 5.78. The quantitative estimate of drug-likeness (QED) is 0.602. The Hall–Kier alpha value is -0.613. The lowest BCUT2D eigenvalue weighted by Gasteiger charge is -2.15. The molecule has 1 aromatic rings. The molecule has 1 aliphatic carbocycles. The van der Waals surface area contributed by atoms with Crippen LogP contribution in [0.3, 0.4) is 0 Å². The van der Waals surface area contributed by atoms with Gasteiger partial charge in [-0.1, -0.05) is 26.6 Å². The third-order valence-corrected chi connectivity index (χ3v) is 5.57. The topological polar surface area (TPSA) is 27.1 Å². The zero-order valence-corrected chi connectivity index (χ0v) is 13.4. The first kappa shape index (κ1) is 13.8. The molecule has 18 heavy (non-hydrogen) atoms. The van der Waals surface area contributed by atoms with Crippen LogP contribution in [0.15, 0.2) is 0 Å². The van der Waals surface area contributed by atoms with E-state index in [1.165, 1.54) is 35.8 Å². The standard InChI is InChI=1S/C14H26N2OSi/c1-11-6-7-13-12(2)16(15-14(11)13)10-17-8-9-18(3,4)5/h11H,6-10H2,1-5H3/t11-/m1/s1. The molecule has 0 fully saturated rings. The van der Waals surface area contributed by atoms with Crippen LogP contribution in [0.2, 0.25) is 25.7 Å². The second-order valence-electron chi connectivity index (χ2n) is 6.74. The molecule has 2 rings (SSSR count). The molecule has 1 atom stereocenters. The van der Waals surface area contributed by atoms with E-state index in [0.29, 0.717) is 12.6 Å². The molecule has 0 aliphatic heterocycles. The Kier molecular flexibility index (Phi) is 3.97. The Morgan fingerprint density at radius 3 is 2.72 bits per heavy atom. The molecule has 0 saturated carbocycles. The lowest BCUT2D eigenvalue weighted by atomic mass is 10.1. The van der Waals surface area contributed by atoms with Crippen molar-refractivity contribution >= 4 is 8.07 Å². The van der Waals surface area contributed by atoms with Gasteiger partial charge in [-0.25, -0.2) is 4.68 Å². The van der Waals surface area contributed by atoms with Crippen LogP contribution in [0, 0.1) is 6.92 Å². The number of aromatic nitrogens is 2. The molecule has 0 bridgehead atoms. The Bertz CT molecular complexity index is 420. The van der Waals surface area contributed by atoms with Crippen LogP contribution in [0.1, 0.15) is 36.2 Å². The average molecular weight is 266 g/mol. The highest BCUT2D eigenvalue weighted by Crippen LogP contribution is 2.33. The van der Waals surface area contributed by atoms with Crippen molar-refractivity contribution < 1.29 is 4.74 Å². The van der Waals surface area contributed by atoms with Crippen LogP contribution in [-0.2, 0) is 17.9 Å². The van der Waals surface area contributed by atoms with E-state index in [-0.39, 0.29) is 0 Å². The van der Waals surface area contributed by atoms with Crippen LogP contribution >= 0.6 is 0 Å². The van der Waals surface area contributed by atoms with Crippen LogP contribution in [0.25, 0.3) is 0 Å². The van der Waals surface area contributed by atoms with Crippen molar-refractivity contribution in [2.24, 2.45) is 0 Å². The first-order valence-electron chi connectivity index (χ1n) is 7.02. The number of nitrogens with zero attached hydrogens (tertiary/aromatic N) is 2. The van der Waals surface area contributed by atoms with Crippen LogP contribution in [-0.4, -0.2) is 24.5 Å². The van der Waals surface area contributed by atoms with Gasteiger partial charge in [-0.3, -0.25) is 0 Å². The van der Waals surface area contributed by atoms with Gasteiger partial charge in [0.25, 0.3) is 0 Å². The van der Waals surface area contributed by atoms with Gasteiger partial charge in [0, 0.05) is 26.3 Å². The molecule has 0 spiro atoms. The molecule has 1 aliphatic rings. The summed E-state index contributed by atoms with van der Waals surface area (Å²) in [7, 11) is -0.976. The second kappa shape index (κ2) is 5.17. The lowest BCUT2D eigenvalue weighted by molar-refractivity contribution is 0.0766. The maximum Gasteiger partial charge on any atom is 0.139 e. The molecular weight excluding hydrogens is 240 g/mol. The molecule has 0 N–H and O–H groups in total. The highest BCUT2D eigenvalue weighted by atomic mass is 28.3. The summed E-state index contributed by atoms with van der Waals surface area (Å²) in [6.45, 7) is 13.1. The fraction of sp³-hybridized carbons (Fsp3) is 0.786. The average Bonchev–Trinajstić information content (AvgIpc) is 2.76. The van der Waals surface area contributed by atoms with Crippen LogP contribution in [0.5, 0.6) is 0 Å². The van der Waals surface area contributed by atoms with Crippen molar-refractivity contribution in [2.75, 3.05) is 6.61 Å². The summed E-state index contributed by atoms with van der Waals surface area (Å²) in [6, 6.07) is 1.23. The van der Waals surface area contributed by atoms with Crippen LogP contribution < -0.4 is 0 Å². The number of ether oxygens (including phenoxy) is 1. The van der Waals surface area contributed by atoms with Crippen molar-refractivity contribution in [1.29, 1.82) is 0 Å². The summed E-state index contributed by atoms with van der Waals surface area (Å²) in [4.78, 5) is 0. The van der Waals surface area contributed by atoms with E-state index < -0.39 is 8.07 Å². The third kappa shape index (κ3) is 3.04. The minimum absolute atomic E-state index is 0.621. The van der Waals surface area contributed by atoms with E-state index >= 15 is 0 Å². The van der Waals surface area contributed by atoms with Gasteiger partial charge in [-0.2, -0.15) is 5.10 Å². The van der Waals surface area contributed by atoms with E-state index in [4.69, 9.17) is 9.84 Å². The third-order valence-electron chi connectivity index (χ3n) is 3.87. The van der Waals surface area contributed by atoms with E-state index in [9.17, 15) is 0 Å². The van der Waals surface area contributed by atoms with Crippen LogP contribution in [0.4, 0.5) is 0 Å². The zero-order chi connectivity index (χ0) is 13.3. The minimum atomic E-state index is -0.976. The summed E-state index contributed by atoms with van der Waals surface area (Å²) >= 11 is 0. The molecule has 4 heteroatoms. The molecule has 1 heterocycles. The SMILES string of the molecule is Cc1c2c(nn1COCC[Si](C)(C)C)[C@H](C)CC2. The fourth-order valence-electron chi connectivity index (χ4n) is 2.46. The molecule has 0 saturated heterocycles. The molecule has 102 valence electrons. The molecule has 1 aromatic heterocycles. The van der Waals surface area contributed by atoms with Gasteiger partial charge in [0.2, 0.25) is 0 Å². The Labute approximate surface area is 112 Å². The van der Waals surface area contributed by atoms with Crippen molar-refractivity contribution in [3.63, 3.8) is 0 Å². The molecule has 0 amide bonds. The molecular formula is C14H26N2OSi. The molecule has 0 aromatic carbocycles. The Morgan fingerprint density at radius 1 is 1.39 bits per heavy atom. The highest BCUT2D eigenvalue weighted by Gasteiger charge is 2.25. The largest absolute Gasteiger partial charge is 0.360 e. The lowest BCUT2D eigenvalue weighted by Crippen LogP contribution is -2.22. The summed E-state index contributed by atoms with van der Waals surface area (Å²) in [6.07, 6.45) is 2.45. The number of rotatable bonds is 5. The van der Waals surface area contributed by atoms with Gasteiger partial charge in [0.05, 0.1) is 5.69 Å². The van der Waals surface area contributed by atoms with Crippen molar-refractivity contribution in [1.82, 2.24) is 9.78 Å². The molecule has 0 unspecified atom stereocenters. The van der Waals surface area contributed by atoms with Gasteiger partial charge in [0.1, 0.15) is 6.73 Å². The maximum absolute atomic E-state index is 5.78. The normalized spacial score (nSPS) is 19.3. The van der Waals surface area contributed by atoms with E-state index in [1.807, 2.05) is 4.68 Å². The first-order valence-corrected chi connectivity index (χ1v) is 10.7. The Balaban J connectivity index is 1.89. The predicted octanol–water partition coefficient (Wildman–Crippen LogP) is 3.55. The monoisotopic (exact) mass is 266 g/mol. The van der Waals surface area contributed by atoms with E-state index in [0.717, 1.165) is 6.61 Å². The van der Waals surface area contributed by atoms with Gasteiger partial charge >= 0.3 is 0 Å². The smallest absolute Gasteiger partial charge is 0.139 e. The second-order valence-corrected chi connectivity index (χ2v) is 12.4. The summed E-state index contributed by atoms with van der Waals surface area (Å²) < 4.78 is 7.83. The van der Waals surface area contributed by atoms with E-state index in [2.05, 4.69) is 33.5 Å². The Morgan fingerprint density at radius 2 is 2.11 bits per heavy atom. The number of hydrogen-bond acceptors (Lipinski definition) is 2. The van der Waals surface area contributed by atoms with Gasteiger partial charge in [-0.15, -0.1) is 0 Å². The van der Waals surface area contributed by atoms with Gasteiger partial charge in [0.15, 0.2) is 0 Å². The first-order chi connectivity index (χ1) is 8.38. The van der Waals surface area contributed by atoms with Crippen molar-refractivity contribution in [2.45, 2.75) is 65.0 Å². The summed E-state index contributed by atoms with van der Waals surface area (Å²) in [5, 5.41) is 4.71. The molecule has 0 radical (unpaired) electrons. The zero-order valence-electron chi connectivity index (χ0n) is 12.4. The van der Waals surface area contributed by atoms with Crippen molar-refractivity contribution in [3.05, 3.63) is 17.0 Å². The predicted molar refractivity (Wildman–Crippen MR) is 77.8 cm³/mol. The number of fused-ring (bicyclic) bond motifs is 1. The fourth-order valence-corrected chi connectivity index (χ4v) is 3.22. The summed E-state index contributed by atoms with van der Waals surface area (Å²) in [5.41, 5.74) is 4.08. The minimum Gasteiger partial charge on any atom is -0.360 e. The number of hydrogen-bond donors (Lipinski definition) is 0. The summed E-state index contributed by atoms with van der Waals surface area (Å²) in [5.74, 6) is 0.627.